The third-order valence-corrected chi connectivity index (χ3v) is 4.15. The number of carbonyl (C=O) groups excluding carboxylic acids is 2. The molecule has 2 rings (SSSR count). The first-order chi connectivity index (χ1) is 12.1. The van der Waals surface area contributed by atoms with Crippen LogP contribution in [0, 0.1) is 0 Å². The molecule has 2 aromatic rings. The molecule has 0 aliphatic heterocycles. The number of hydrogen-bond acceptors (Lipinski definition) is 4. The third kappa shape index (κ3) is 6.23. The molecule has 0 saturated carbocycles. The number of esters is 1. The maximum absolute atomic E-state index is 12.0. The van der Waals surface area contributed by atoms with Crippen LogP contribution >= 0.6 is 15.9 Å². The Hall–Kier alpha value is -2.34. The Bertz CT molecular complexity index is 719. The van der Waals surface area contributed by atoms with Crippen LogP contribution in [0.15, 0.2) is 53.0 Å². The Balaban J connectivity index is 1.69. The zero-order chi connectivity index (χ0) is 18.1. The molecular weight excluding hydrogens is 386 g/mol. The monoisotopic (exact) mass is 405 g/mol. The summed E-state index contributed by atoms with van der Waals surface area (Å²) in [5.74, 6) is -0.246. The van der Waals surface area contributed by atoms with Gasteiger partial charge < -0.3 is 14.8 Å². The number of methoxy groups -OCH3 is 1. The molecule has 0 aliphatic rings. The minimum atomic E-state index is -0.553. The van der Waals surface area contributed by atoms with Gasteiger partial charge in [-0.2, -0.15) is 0 Å². The van der Waals surface area contributed by atoms with Crippen molar-refractivity contribution >= 4 is 27.8 Å². The van der Waals surface area contributed by atoms with E-state index in [1.54, 1.807) is 25.3 Å². The van der Waals surface area contributed by atoms with Crippen LogP contribution in [0.5, 0.6) is 5.75 Å². The van der Waals surface area contributed by atoms with E-state index in [1.807, 2.05) is 18.2 Å². The molecule has 6 heteroatoms. The molecule has 0 fully saturated rings. The number of rotatable bonds is 8. The van der Waals surface area contributed by atoms with Gasteiger partial charge in [-0.15, -0.1) is 0 Å². The minimum absolute atomic E-state index is 0.298. The molecule has 5 nitrogen and oxygen atoms in total. The highest BCUT2D eigenvalue weighted by molar-refractivity contribution is 9.10. The Kier molecular flexibility index (Phi) is 7.47. The third-order valence-electron chi connectivity index (χ3n) is 3.53. The molecule has 0 aromatic heterocycles. The lowest BCUT2D eigenvalue weighted by atomic mass is 10.1. The first-order valence-corrected chi connectivity index (χ1v) is 8.70. The summed E-state index contributed by atoms with van der Waals surface area (Å²) in [5, 5.41) is 2.74. The van der Waals surface area contributed by atoms with Gasteiger partial charge in [0.15, 0.2) is 6.61 Å². The largest absolute Gasteiger partial charge is 0.496 e. The Labute approximate surface area is 155 Å². The first kappa shape index (κ1) is 19.0. The van der Waals surface area contributed by atoms with Gasteiger partial charge in [0.1, 0.15) is 5.75 Å². The van der Waals surface area contributed by atoms with E-state index in [9.17, 15) is 9.59 Å². The molecule has 0 spiro atoms. The number of ether oxygens (including phenoxy) is 2. The fourth-order valence-corrected chi connectivity index (χ4v) is 2.76. The molecular formula is C19H20BrNO4. The van der Waals surface area contributed by atoms with Gasteiger partial charge in [0.05, 0.1) is 17.1 Å². The molecule has 0 unspecified atom stereocenters. The van der Waals surface area contributed by atoms with Gasteiger partial charge >= 0.3 is 5.97 Å². The second-order valence-corrected chi connectivity index (χ2v) is 6.22. The van der Waals surface area contributed by atoms with Crippen LogP contribution in [0.3, 0.4) is 0 Å². The molecule has 132 valence electrons. The summed E-state index contributed by atoms with van der Waals surface area (Å²) in [5.41, 5.74) is 1.58. The fraction of sp³-hybridized carbons (Fsp3) is 0.263. The molecule has 0 heterocycles. The highest BCUT2D eigenvalue weighted by Crippen LogP contribution is 2.25. The van der Waals surface area contributed by atoms with Crippen LogP contribution in [0.2, 0.25) is 0 Å². The zero-order valence-corrected chi connectivity index (χ0v) is 15.5. The van der Waals surface area contributed by atoms with Gasteiger partial charge in [0.25, 0.3) is 5.91 Å². The maximum atomic E-state index is 12.0. The summed E-state index contributed by atoms with van der Waals surface area (Å²) in [7, 11) is 1.54. The molecule has 0 radical (unpaired) electrons. The van der Waals surface area contributed by atoms with Gasteiger partial charge in [-0.1, -0.05) is 30.3 Å². The Morgan fingerprint density at radius 3 is 2.56 bits per heavy atom. The normalized spacial score (nSPS) is 10.2. The van der Waals surface area contributed by atoms with Gasteiger partial charge in [-0.05, 0) is 52.5 Å². The summed E-state index contributed by atoms with van der Waals surface area (Å²) in [6.45, 7) is 0.243. The van der Waals surface area contributed by atoms with E-state index in [4.69, 9.17) is 9.47 Å². The van der Waals surface area contributed by atoms with E-state index in [1.165, 1.54) is 5.56 Å². The summed E-state index contributed by atoms with van der Waals surface area (Å²) in [4.78, 5) is 23.7. The summed E-state index contributed by atoms with van der Waals surface area (Å²) < 4.78 is 10.8. The van der Waals surface area contributed by atoms with Crippen molar-refractivity contribution in [2.24, 2.45) is 0 Å². The van der Waals surface area contributed by atoms with Gasteiger partial charge in [0.2, 0.25) is 0 Å². The molecule has 1 amide bonds. The van der Waals surface area contributed by atoms with Crippen molar-refractivity contribution in [1.82, 2.24) is 5.32 Å². The van der Waals surface area contributed by atoms with Gasteiger partial charge in [-0.25, -0.2) is 4.79 Å². The van der Waals surface area contributed by atoms with Crippen LogP contribution in [0.4, 0.5) is 0 Å². The van der Waals surface area contributed by atoms with Crippen molar-refractivity contribution in [3.05, 3.63) is 64.1 Å². The highest BCUT2D eigenvalue weighted by Gasteiger charge is 2.12. The van der Waals surface area contributed by atoms with Crippen LogP contribution < -0.4 is 10.1 Å². The van der Waals surface area contributed by atoms with E-state index >= 15 is 0 Å². The second-order valence-electron chi connectivity index (χ2n) is 5.36. The molecule has 0 atom stereocenters. The summed E-state index contributed by atoms with van der Waals surface area (Å²) >= 11 is 3.30. The fourth-order valence-electron chi connectivity index (χ4n) is 2.22. The summed E-state index contributed by atoms with van der Waals surface area (Å²) in [6, 6.07) is 14.9. The standard InChI is InChI=1S/C19H20BrNO4/c1-24-17-10-9-15(12-16(17)20)19(23)25-13-18(22)21-11-5-8-14-6-3-2-4-7-14/h2-4,6-7,9-10,12H,5,8,11,13H2,1H3,(H,21,22). The second kappa shape index (κ2) is 9.84. The molecule has 1 N–H and O–H groups in total. The molecule has 0 saturated heterocycles. The van der Waals surface area contributed by atoms with Crippen LogP contribution in [-0.4, -0.2) is 32.1 Å². The first-order valence-electron chi connectivity index (χ1n) is 7.91. The number of amides is 1. The number of nitrogens with one attached hydrogen (secondary N) is 1. The maximum Gasteiger partial charge on any atom is 0.338 e. The molecule has 25 heavy (non-hydrogen) atoms. The van der Waals surface area contributed by atoms with Gasteiger partial charge in [-0.3, -0.25) is 4.79 Å². The lowest BCUT2D eigenvalue weighted by molar-refractivity contribution is -0.124. The quantitative estimate of drug-likeness (QED) is 0.540. The molecule has 2 aromatic carbocycles. The average molecular weight is 406 g/mol. The number of hydrogen-bond donors (Lipinski definition) is 1. The molecule has 0 bridgehead atoms. The van der Waals surface area contributed by atoms with Crippen molar-refractivity contribution in [1.29, 1.82) is 0 Å². The Morgan fingerprint density at radius 1 is 1.12 bits per heavy atom. The van der Waals surface area contributed by atoms with E-state index in [-0.39, 0.29) is 12.5 Å². The number of benzene rings is 2. The van der Waals surface area contributed by atoms with Crippen LogP contribution in [0.1, 0.15) is 22.3 Å². The average Bonchev–Trinajstić information content (AvgIpc) is 2.64. The van der Waals surface area contributed by atoms with Crippen molar-refractivity contribution < 1.29 is 19.1 Å². The topological polar surface area (TPSA) is 64.6 Å². The van der Waals surface area contributed by atoms with Crippen LogP contribution in [-0.2, 0) is 16.0 Å². The van der Waals surface area contributed by atoms with E-state index in [2.05, 4.69) is 33.4 Å². The summed E-state index contributed by atoms with van der Waals surface area (Å²) in [6.07, 6.45) is 1.72. The van der Waals surface area contributed by atoms with Crippen LogP contribution in [0.25, 0.3) is 0 Å². The molecule has 0 aliphatic carbocycles. The minimum Gasteiger partial charge on any atom is -0.496 e. The van der Waals surface area contributed by atoms with Crippen molar-refractivity contribution in [3.8, 4) is 5.75 Å². The number of aryl methyl sites for hydroxylation is 1. The smallest absolute Gasteiger partial charge is 0.338 e. The van der Waals surface area contributed by atoms with Crippen molar-refractivity contribution in [2.45, 2.75) is 12.8 Å². The SMILES string of the molecule is COc1ccc(C(=O)OCC(=O)NCCCc2ccccc2)cc1Br. The lowest BCUT2D eigenvalue weighted by Crippen LogP contribution is -2.29. The highest BCUT2D eigenvalue weighted by atomic mass is 79.9. The van der Waals surface area contributed by atoms with E-state index in [0.717, 1.165) is 12.8 Å². The predicted molar refractivity (Wildman–Crippen MR) is 98.7 cm³/mol. The van der Waals surface area contributed by atoms with Crippen molar-refractivity contribution in [3.63, 3.8) is 0 Å². The lowest BCUT2D eigenvalue weighted by Gasteiger charge is -2.08. The predicted octanol–water partition coefficient (Wildman–Crippen LogP) is 3.36. The van der Waals surface area contributed by atoms with E-state index < -0.39 is 5.97 Å². The van der Waals surface area contributed by atoms with Crippen molar-refractivity contribution in [2.75, 3.05) is 20.3 Å². The Morgan fingerprint density at radius 2 is 1.88 bits per heavy atom. The van der Waals surface area contributed by atoms with Gasteiger partial charge in [0, 0.05) is 6.54 Å². The van der Waals surface area contributed by atoms with E-state index in [0.29, 0.717) is 22.3 Å². The zero-order valence-electron chi connectivity index (χ0n) is 14.0. The number of halogens is 1. The number of carbonyl (C=O) groups is 2.